The average Bonchev–Trinajstić information content (AvgIpc) is 3.29. The summed E-state index contributed by atoms with van der Waals surface area (Å²) in [5.41, 5.74) is 0.909. The van der Waals surface area contributed by atoms with Crippen molar-refractivity contribution >= 4 is 11.7 Å². The van der Waals surface area contributed by atoms with Crippen molar-refractivity contribution < 1.29 is 14.0 Å². The van der Waals surface area contributed by atoms with Crippen LogP contribution in [0.1, 0.15) is 52.4 Å². The Kier molecular flexibility index (Phi) is 4.62. The van der Waals surface area contributed by atoms with E-state index >= 15 is 0 Å². The molecule has 1 atom stereocenters. The zero-order chi connectivity index (χ0) is 16.2. The molecule has 2 N–H and O–H groups in total. The first-order chi connectivity index (χ1) is 11.1. The van der Waals surface area contributed by atoms with Gasteiger partial charge in [0.2, 0.25) is 0 Å². The predicted molar refractivity (Wildman–Crippen MR) is 85.4 cm³/mol. The first-order valence-electron chi connectivity index (χ1n) is 7.90. The number of H-pyrrole nitrogens is 1. The van der Waals surface area contributed by atoms with Gasteiger partial charge >= 0.3 is 0 Å². The van der Waals surface area contributed by atoms with E-state index in [2.05, 4.69) is 15.2 Å². The second-order valence-electron chi connectivity index (χ2n) is 5.84. The third-order valence-electron chi connectivity index (χ3n) is 4.24. The number of Topliss-reactive ketones (excluding diaryl/α,β-unsaturated/α-hetero) is 1. The van der Waals surface area contributed by atoms with Gasteiger partial charge in [0.25, 0.3) is 5.91 Å². The molecule has 0 aromatic carbocycles. The van der Waals surface area contributed by atoms with Crippen molar-refractivity contribution in [3.05, 3.63) is 47.7 Å². The second-order valence-corrected chi connectivity index (χ2v) is 5.84. The summed E-state index contributed by atoms with van der Waals surface area (Å²) < 4.78 is 5.54. The molecule has 0 saturated carbocycles. The molecule has 6 heteroatoms. The van der Waals surface area contributed by atoms with E-state index in [4.69, 9.17) is 4.42 Å². The summed E-state index contributed by atoms with van der Waals surface area (Å²) in [6.07, 6.45) is 5.56. The SMILES string of the molecule is CC(=O)c1c[nH]c(C(=O)NC[C@H](c2ccco2)N2CCCC2)c1. The molecular weight excluding hydrogens is 294 g/mol. The molecular formula is C17H21N3O3. The van der Waals surface area contributed by atoms with E-state index in [-0.39, 0.29) is 17.7 Å². The van der Waals surface area contributed by atoms with Gasteiger partial charge in [-0.3, -0.25) is 14.5 Å². The maximum atomic E-state index is 12.3. The summed E-state index contributed by atoms with van der Waals surface area (Å²) >= 11 is 0. The number of aromatic nitrogens is 1. The number of carbonyl (C=O) groups excluding carboxylic acids is 2. The van der Waals surface area contributed by atoms with Gasteiger partial charge < -0.3 is 14.7 Å². The van der Waals surface area contributed by atoms with Crippen LogP contribution >= 0.6 is 0 Å². The van der Waals surface area contributed by atoms with Crippen LogP contribution < -0.4 is 5.32 Å². The molecule has 1 aliphatic heterocycles. The van der Waals surface area contributed by atoms with Gasteiger partial charge in [-0.25, -0.2) is 0 Å². The molecule has 0 aliphatic carbocycles. The number of ketones is 1. The van der Waals surface area contributed by atoms with Crippen LogP contribution in [0.25, 0.3) is 0 Å². The van der Waals surface area contributed by atoms with E-state index in [0.29, 0.717) is 17.8 Å². The van der Waals surface area contributed by atoms with E-state index in [0.717, 1.165) is 18.8 Å². The van der Waals surface area contributed by atoms with E-state index in [9.17, 15) is 9.59 Å². The summed E-state index contributed by atoms with van der Waals surface area (Å²) in [6.45, 7) is 3.97. The Morgan fingerprint density at radius 3 is 2.78 bits per heavy atom. The number of aromatic amines is 1. The molecule has 122 valence electrons. The predicted octanol–water partition coefficient (Wildman–Crippen LogP) is 2.38. The summed E-state index contributed by atoms with van der Waals surface area (Å²) in [5, 5.41) is 2.93. The molecule has 1 amide bonds. The van der Waals surface area contributed by atoms with Crippen molar-refractivity contribution in [1.29, 1.82) is 0 Å². The fourth-order valence-corrected chi connectivity index (χ4v) is 2.96. The van der Waals surface area contributed by atoms with Gasteiger partial charge in [-0.05, 0) is 51.1 Å². The monoisotopic (exact) mass is 315 g/mol. The van der Waals surface area contributed by atoms with Crippen LogP contribution in [0, 0.1) is 0 Å². The number of carbonyl (C=O) groups is 2. The van der Waals surface area contributed by atoms with E-state index < -0.39 is 0 Å². The molecule has 0 spiro atoms. The Morgan fingerprint density at radius 2 is 2.17 bits per heavy atom. The normalized spacial score (nSPS) is 16.4. The number of rotatable bonds is 6. The van der Waals surface area contributed by atoms with Gasteiger partial charge in [-0.15, -0.1) is 0 Å². The number of likely N-dealkylation sites (tertiary alicyclic amines) is 1. The summed E-state index contributed by atoms with van der Waals surface area (Å²) in [5.74, 6) is 0.585. The van der Waals surface area contributed by atoms with Crippen LogP contribution in [-0.2, 0) is 0 Å². The number of nitrogens with one attached hydrogen (secondary N) is 2. The Hall–Kier alpha value is -2.34. The number of amides is 1. The van der Waals surface area contributed by atoms with Crippen molar-refractivity contribution in [2.75, 3.05) is 19.6 Å². The molecule has 0 radical (unpaired) electrons. The molecule has 6 nitrogen and oxygen atoms in total. The molecule has 23 heavy (non-hydrogen) atoms. The number of hydrogen-bond acceptors (Lipinski definition) is 4. The third kappa shape index (κ3) is 3.53. The largest absolute Gasteiger partial charge is 0.468 e. The minimum Gasteiger partial charge on any atom is -0.468 e. The highest BCUT2D eigenvalue weighted by Crippen LogP contribution is 2.24. The number of hydrogen-bond donors (Lipinski definition) is 2. The van der Waals surface area contributed by atoms with Gasteiger partial charge in [0, 0.05) is 18.3 Å². The Morgan fingerprint density at radius 1 is 1.39 bits per heavy atom. The summed E-state index contributed by atoms with van der Waals surface area (Å²) in [7, 11) is 0. The topological polar surface area (TPSA) is 78.3 Å². The van der Waals surface area contributed by atoms with Crippen LogP contribution in [0.15, 0.2) is 35.1 Å². The highest BCUT2D eigenvalue weighted by Gasteiger charge is 2.26. The molecule has 3 heterocycles. The number of nitrogens with zero attached hydrogens (tertiary/aromatic N) is 1. The Labute approximate surface area is 134 Å². The minimum absolute atomic E-state index is 0.0405. The minimum atomic E-state index is -0.215. The van der Waals surface area contributed by atoms with E-state index in [1.165, 1.54) is 19.8 Å². The molecule has 3 rings (SSSR count). The Balaban J connectivity index is 1.65. The third-order valence-corrected chi connectivity index (χ3v) is 4.24. The fourth-order valence-electron chi connectivity index (χ4n) is 2.96. The molecule has 1 fully saturated rings. The quantitative estimate of drug-likeness (QED) is 0.802. The maximum Gasteiger partial charge on any atom is 0.267 e. The van der Waals surface area contributed by atoms with Crippen molar-refractivity contribution in [1.82, 2.24) is 15.2 Å². The second kappa shape index (κ2) is 6.83. The highest BCUT2D eigenvalue weighted by atomic mass is 16.3. The molecule has 0 bridgehead atoms. The van der Waals surface area contributed by atoms with Gasteiger partial charge in [0.15, 0.2) is 5.78 Å². The Bertz CT molecular complexity index is 669. The standard InChI is InChI=1S/C17H21N3O3/c1-12(21)13-9-14(18-10-13)17(22)19-11-15(16-5-4-8-23-16)20-6-2-3-7-20/h4-5,8-10,15,18H,2-3,6-7,11H2,1H3,(H,19,22)/t15-/m1/s1. The smallest absolute Gasteiger partial charge is 0.267 e. The van der Waals surface area contributed by atoms with E-state index in [1.54, 1.807) is 18.5 Å². The lowest BCUT2D eigenvalue weighted by Crippen LogP contribution is -2.36. The van der Waals surface area contributed by atoms with Gasteiger partial charge in [-0.1, -0.05) is 0 Å². The van der Waals surface area contributed by atoms with Crippen molar-refractivity contribution in [2.45, 2.75) is 25.8 Å². The molecule has 2 aromatic heterocycles. The number of furan rings is 1. The van der Waals surface area contributed by atoms with Crippen molar-refractivity contribution in [3.8, 4) is 0 Å². The highest BCUT2D eigenvalue weighted by molar-refractivity contribution is 5.99. The fraction of sp³-hybridized carbons (Fsp3) is 0.412. The van der Waals surface area contributed by atoms with Crippen LogP contribution in [0.4, 0.5) is 0 Å². The zero-order valence-electron chi connectivity index (χ0n) is 13.2. The molecule has 0 unspecified atom stereocenters. The van der Waals surface area contributed by atoms with Crippen LogP contribution in [0.3, 0.4) is 0 Å². The van der Waals surface area contributed by atoms with Crippen molar-refractivity contribution in [2.24, 2.45) is 0 Å². The van der Waals surface area contributed by atoms with Gasteiger partial charge in [-0.2, -0.15) is 0 Å². The maximum absolute atomic E-state index is 12.3. The van der Waals surface area contributed by atoms with Crippen LogP contribution in [-0.4, -0.2) is 41.2 Å². The lowest BCUT2D eigenvalue weighted by atomic mass is 10.2. The lowest BCUT2D eigenvalue weighted by molar-refractivity contribution is 0.0929. The average molecular weight is 315 g/mol. The van der Waals surface area contributed by atoms with Crippen molar-refractivity contribution in [3.63, 3.8) is 0 Å². The van der Waals surface area contributed by atoms with Crippen LogP contribution in [0.5, 0.6) is 0 Å². The lowest BCUT2D eigenvalue weighted by Gasteiger charge is -2.25. The van der Waals surface area contributed by atoms with Gasteiger partial charge in [0.1, 0.15) is 11.5 Å². The first kappa shape index (κ1) is 15.6. The molecule has 1 saturated heterocycles. The van der Waals surface area contributed by atoms with E-state index in [1.807, 2.05) is 12.1 Å². The van der Waals surface area contributed by atoms with Crippen LogP contribution in [0.2, 0.25) is 0 Å². The zero-order valence-corrected chi connectivity index (χ0v) is 13.2. The summed E-state index contributed by atoms with van der Waals surface area (Å²) in [4.78, 5) is 28.7. The summed E-state index contributed by atoms with van der Waals surface area (Å²) in [6, 6.07) is 5.43. The molecule has 2 aromatic rings. The van der Waals surface area contributed by atoms with Gasteiger partial charge in [0.05, 0.1) is 12.3 Å². The first-order valence-corrected chi connectivity index (χ1v) is 7.90. The molecule has 1 aliphatic rings.